The molecule has 7 unspecified atom stereocenters. The van der Waals surface area contributed by atoms with Gasteiger partial charge >= 0.3 is 0 Å². The Morgan fingerprint density at radius 2 is 0.797 bits per heavy atom. The van der Waals surface area contributed by atoms with Gasteiger partial charge < -0.3 is 40.3 Å². The van der Waals surface area contributed by atoms with Crippen LogP contribution in [-0.4, -0.2) is 87.5 Å². The van der Waals surface area contributed by atoms with E-state index in [1.807, 2.05) is 6.08 Å². The normalized spacial score (nSPS) is 19.0. The Morgan fingerprint density at radius 1 is 0.443 bits per heavy atom. The molecule has 1 aliphatic rings. The van der Waals surface area contributed by atoms with Crippen molar-refractivity contribution in [2.75, 3.05) is 13.2 Å². The molecule has 0 bridgehead atoms. The first-order chi connectivity index (χ1) is 38.8. The van der Waals surface area contributed by atoms with Gasteiger partial charge in [-0.3, -0.25) is 4.79 Å². The summed E-state index contributed by atoms with van der Waals surface area (Å²) in [4.78, 5) is 13.1. The summed E-state index contributed by atoms with van der Waals surface area (Å²) < 4.78 is 11.3. The second kappa shape index (κ2) is 58.8. The highest BCUT2D eigenvalue weighted by Crippen LogP contribution is 2.23. The van der Waals surface area contributed by atoms with E-state index in [0.717, 1.165) is 64.2 Å². The van der Waals surface area contributed by atoms with Gasteiger partial charge in [-0.2, -0.15) is 0 Å². The van der Waals surface area contributed by atoms with Crippen LogP contribution in [0.1, 0.15) is 309 Å². The molecule has 1 fully saturated rings. The smallest absolute Gasteiger partial charge is 0.220 e. The second-order valence-electron chi connectivity index (χ2n) is 23.2. The topological polar surface area (TPSA) is 149 Å². The Kier molecular flexibility index (Phi) is 55.6. The second-order valence-corrected chi connectivity index (χ2v) is 23.2. The van der Waals surface area contributed by atoms with Gasteiger partial charge in [0.2, 0.25) is 5.91 Å². The van der Waals surface area contributed by atoms with E-state index in [1.54, 1.807) is 6.08 Å². The summed E-state index contributed by atoms with van der Waals surface area (Å²) in [5, 5.41) is 54.7. The third kappa shape index (κ3) is 47.8. The quantitative estimate of drug-likeness (QED) is 0.0261. The first-order valence-corrected chi connectivity index (χ1v) is 33.7. The maximum Gasteiger partial charge on any atom is 0.220 e. The van der Waals surface area contributed by atoms with Crippen LogP contribution in [0.15, 0.2) is 72.9 Å². The van der Waals surface area contributed by atoms with E-state index in [-0.39, 0.29) is 12.5 Å². The van der Waals surface area contributed by atoms with Gasteiger partial charge in [0.25, 0.3) is 0 Å². The third-order valence-electron chi connectivity index (χ3n) is 15.8. The Labute approximate surface area is 487 Å². The SMILES string of the molecule is CC/C=C\C/C=C\C/C=C\C/C=C\CCCCCCCCCCCCCCCCCCCCCCCCC(=O)NC(COC1OC(CO)C(O)C(O)C1O)C(O)/C=C/CC/C=C/CCCCCCCCCCCCCCCCC. The Morgan fingerprint density at radius 3 is 1.22 bits per heavy atom. The fourth-order valence-corrected chi connectivity index (χ4v) is 10.5. The fraction of sp³-hybridized carbons (Fsp3) is 0.814. The van der Waals surface area contributed by atoms with Crippen LogP contribution < -0.4 is 5.32 Å². The van der Waals surface area contributed by atoms with E-state index in [9.17, 15) is 30.3 Å². The number of carbonyl (C=O) groups is 1. The molecule has 0 aromatic heterocycles. The van der Waals surface area contributed by atoms with E-state index in [1.165, 1.54) is 225 Å². The number of carbonyl (C=O) groups excluding carboxylic acids is 1. The van der Waals surface area contributed by atoms with Crippen LogP contribution in [0.25, 0.3) is 0 Å². The lowest BCUT2D eigenvalue weighted by Gasteiger charge is -2.40. The van der Waals surface area contributed by atoms with Crippen molar-refractivity contribution < 1.29 is 39.8 Å². The molecule has 0 aromatic carbocycles. The average Bonchev–Trinajstić information content (AvgIpc) is 3.47. The van der Waals surface area contributed by atoms with Gasteiger partial charge in [0, 0.05) is 6.42 Å². The summed E-state index contributed by atoms with van der Waals surface area (Å²) in [7, 11) is 0. The average molecular weight is 1110 g/mol. The van der Waals surface area contributed by atoms with Gasteiger partial charge in [0.05, 0.1) is 25.4 Å². The lowest BCUT2D eigenvalue weighted by Crippen LogP contribution is -2.60. The molecule has 1 aliphatic heterocycles. The fourth-order valence-electron chi connectivity index (χ4n) is 10.5. The van der Waals surface area contributed by atoms with Crippen molar-refractivity contribution in [3.05, 3.63) is 72.9 Å². The van der Waals surface area contributed by atoms with Crippen LogP contribution in [0.2, 0.25) is 0 Å². The number of ether oxygens (including phenoxy) is 2. The van der Waals surface area contributed by atoms with Crippen LogP contribution >= 0.6 is 0 Å². The minimum absolute atomic E-state index is 0.182. The van der Waals surface area contributed by atoms with E-state index in [0.29, 0.717) is 6.42 Å². The van der Waals surface area contributed by atoms with E-state index in [4.69, 9.17) is 9.47 Å². The van der Waals surface area contributed by atoms with Crippen LogP contribution in [0, 0.1) is 0 Å². The number of hydrogen-bond acceptors (Lipinski definition) is 8. The highest BCUT2D eigenvalue weighted by atomic mass is 16.7. The molecule has 0 radical (unpaired) electrons. The van der Waals surface area contributed by atoms with E-state index >= 15 is 0 Å². The van der Waals surface area contributed by atoms with Gasteiger partial charge in [-0.1, -0.05) is 305 Å². The summed E-state index contributed by atoms with van der Waals surface area (Å²) in [6.45, 7) is 3.68. The van der Waals surface area contributed by atoms with Crippen molar-refractivity contribution >= 4 is 5.91 Å². The molecule has 0 aliphatic carbocycles. The van der Waals surface area contributed by atoms with Crippen molar-refractivity contribution in [3.63, 3.8) is 0 Å². The largest absolute Gasteiger partial charge is 0.394 e. The highest BCUT2D eigenvalue weighted by Gasteiger charge is 2.44. The van der Waals surface area contributed by atoms with Crippen molar-refractivity contribution in [2.24, 2.45) is 0 Å². The summed E-state index contributed by atoms with van der Waals surface area (Å²) in [5.41, 5.74) is 0. The molecule has 0 aromatic rings. The van der Waals surface area contributed by atoms with Crippen molar-refractivity contribution in [2.45, 2.75) is 352 Å². The van der Waals surface area contributed by atoms with E-state index in [2.05, 4.69) is 79.9 Å². The van der Waals surface area contributed by atoms with Gasteiger partial charge in [0.1, 0.15) is 24.4 Å². The molecule has 9 heteroatoms. The van der Waals surface area contributed by atoms with Crippen LogP contribution in [-0.2, 0) is 14.3 Å². The molecule has 1 rings (SSSR count). The van der Waals surface area contributed by atoms with Gasteiger partial charge in [-0.15, -0.1) is 0 Å². The lowest BCUT2D eigenvalue weighted by molar-refractivity contribution is -0.302. The number of hydrogen-bond donors (Lipinski definition) is 6. The number of aliphatic hydroxyl groups excluding tert-OH is 5. The third-order valence-corrected chi connectivity index (χ3v) is 15.8. The molecule has 1 saturated heterocycles. The van der Waals surface area contributed by atoms with Crippen molar-refractivity contribution in [1.29, 1.82) is 0 Å². The highest BCUT2D eigenvalue weighted by molar-refractivity contribution is 5.76. The van der Waals surface area contributed by atoms with Crippen molar-refractivity contribution in [1.82, 2.24) is 5.32 Å². The maximum atomic E-state index is 13.1. The molecule has 9 nitrogen and oxygen atoms in total. The van der Waals surface area contributed by atoms with Crippen LogP contribution in [0.5, 0.6) is 0 Å². The maximum absolute atomic E-state index is 13.1. The molecular formula is C70H127NO8. The summed E-state index contributed by atoms with van der Waals surface area (Å²) in [6.07, 6.45) is 75.8. The zero-order chi connectivity index (χ0) is 57.2. The zero-order valence-corrected chi connectivity index (χ0v) is 51.4. The number of nitrogens with one attached hydrogen (secondary N) is 1. The van der Waals surface area contributed by atoms with Gasteiger partial charge in [-0.25, -0.2) is 0 Å². The molecular weight excluding hydrogens is 983 g/mol. The molecule has 0 spiro atoms. The first kappa shape index (κ1) is 74.6. The van der Waals surface area contributed by atoms with Gasteiger partial charge in [-0.05, 0) is 70.6 Å². The van der Waals surface area contributed by atoms with Crippen LogP contribution in [0.3, 0.4) is 0 Å². The standard InChI is InChI=1S/C70H127NO8/c1-3-5-7-9-11-13-15-17-19-21-23-25-26-27-28-29-30-31-32-33-34-35-36-37-38-40-42-44-46-48-50-52-54-56-58-60-66(74)71-63(62-78-70-69(77)68(76)67(75)65(61-72)79-70)64(73)59-57-55-53-51-49-47-45-43-41-39-24-22-20-18-16-14-12-10-8-6-4-2/h5,7,11,13,17,19,23,25,49,51,57,59,63-65,67-70,72-73,75-77H,3-4,6,8-10,12,14-16,18,20-22,24,26-48,50,52-56,58,60-62H2,1-2H3,(H,71,74)/b7-5-,13-11-,19-17-,25-23-,51-49+,59-57+. The molecule has 6 N–H and O–H groups in total. The Bertz CT molecular complexity index is 1470. The van der Waals surface area contributed by atoms with E-state index < -0.39 is 49.5 Å². The number of allylic oxidation sites excluding steroid dienone is 11. The molecule has 7 atom stereocenters. The first-order valence-electron chi connectivity index (χ1n) is 33.7. The van der Waals surface area contributed by atoms with Gasteiger partial charge in [0.15, 0.2) is 6.29 Å². The Hall–Kier alpha value is -2.37. The predicted octanol–water partition coefficient (Wildman–Crippen LogP) is 18.0. The lowest BCUT2D eigenvalue weighted by atomic mass is 9.99. The van der Waals surface area contributed by atoms with Crippen LogP contribution in [0.4, 0.5) is 0 Å². The molecule has 1 heterocycles. The molecule has 460 valence electrons. The monoisotopic (exact) mass is 1110 g/mol. The Balaban J connectivity index is 2.12. The summed E-state index contributed by atoms with van der Waals surface area (Å²) in [5.74, 6) is -0.182. The summed E-state index contributed by atoms with van der Waals surface area (Å²) in [6, 6.07) is -0.823. The zero-order valence-electron chi connectivity index (χ0n) is 51.4. The number of amides is 1. The number of unbranched alkanes of at least 4 members (excludes halogenated alkanes) is 38. The molecule has 1 amide bonds. The van der Waals surface area contributed by atoms with Crippen molar-refractivity contribution in [3.8, 4) is 0 Å². The number of aliphatic hydroxyl groups is 5. The minimum Gasteiger partial charge on any atom is -0.394 e. The summed E-state index contributed by atoms with van der Waals surface area (Å²) >= 11 is 0. The predicted molar refractivity (Wildman–Crippen MR) is 336 cm³/mol. The molecule has 0 saturated carbocycles. The minimum atomic E-state index is -1.57. The number of rotatable bonds is 58. The molecule has 79 heavy (non-hydrogen) atoms.